The summed E-state index contributed by atoms with van der Waals surface area (Å²) in [4.78, 5) is 14.1. The van der Waals surface area contributed by atoms with Gasteiger partial charge in [0.05, 0.1) is 15.9 Å². The van der Waals surface area contributed by atoms with E-state index in [-0.39, 0.29) is 0 Å². The first-order valence-electron chi connectivity index (χ1n) is 7.28. The summed E-state index contributed by atoms with van der Waals surface area (Å²) >= 11 is 1.71. The van der Waals surface area contributed by atoms with E-state index in [1.807, 2.05) is 12.3 Å². The number of hydrogen-bond donors (Lipinski definition) is 1. The van der Waals surface area contributed by atoms with E-state index < -0.39 is 0 Å². The SMILES string of the molecule is CCCc1nc(-c2cnc3ccsc3c2)nc2c1CNC2. The van der Waals surface area contributed by atoms with Crippen molar-refractivity contribution in [2.45, 2.75) is 32.9 Å². The Labute approximate surface area is 127 Å². The first-order valence-corrected chi connectivity index (χ1v) is 8.16. The predicted octanol–water partition coefficient (Wildman–Crippen LogP) is 3.31. The van der Waals surface area contributed by atoms with Gasteiger partial charge in [-0.15, -0.1) is 11.3 Å². The molecule has 1 aliphatic heterocycles. The lowest BCUT2D eigenvalue weighted by Gasteiger charge is -2.09. The Hall–Kier alpha value is -1.85. The highest BCUT2D eigenvalue weighted by atomic mass is 32.1. The Bertz CT molecular complexity index is 809. The van der Waals surface area contributed by atoms with Gasteiger partial charge in [-0.05, 0) is 23.9 Å². The van der Waals surface area contributed by atoms with E-state index in [4.69, 9.17) is 9.97 Å². The van der Waals surface area contributed by atoms with Gasteiger partial charge in [-0.25, -0.2) is 9.97 Å². The predicted molar refractivity (Wildman–Crippen MR) is 85.2 cm³/mol. The van der Waals surface area contributed by atoms with Gasteiger partial charge in [0.15, 0.2) is 5.82 Å². The monoisotopic (exact) mass is 296 g/mol. The number of nitrogens with zero attached hydrogens (tertiary/aromatic N) is 3. The Morgan fingerprint density at radius 2 is 2.24 bits per heavy atom. The average molecular weight is 296 g/mol. The van der Waals surface area contributed by atoms with Gasteiger partial charge >= 0.3 is 0 Å². The van der Waals surface area contributed by atoms with E-state index in [9.17, 15) is 0 Å². The second-order valence-corrected chi connectivity index (χ2v) is 6.25. The molecule has 3 aromatic heterocycles. The fourth-order valence-corrected chi connectivity index (χ4v) is 3.56. The van der Waals surface area contributed by atoms with Crippen molar-refractivity contribution < 1.29 is 0 Å². The van der Waals surface area contributed by atoms with Gasteiger partial charge in [-0.3, -0.25) is 4.98 Å². The second-order valence-electron chi connectivity index (χ2n) is 5.30. The molecule has 4 rings (SSSR count). The molecule has 0 atom stereocenters. The van der Waals surface area contributed by atoms with E-state index in [2.05, 4.69) is 28.7 Å². The molecular weight excluding hydrogens is 280 g/mol. The maximum Gasteiger partial charge on any atom is 0.161 e. The molecule has 0 unspecified atom stereocenters. The van der Waals surface area contributed by atoms with E-state index >= 15 is 0 Å². The summed E-state index contributed by atoms with van der Waals surface area (Å²) in [6.07, 6.45) is 3.99. The van der Waals surface area contributed by atoms with Crippen LogP contribution in [0.2, 0.25) is 0 Å². The van der Waals surface area contributed by atoms with E-state index in [1.54, 1.807) is 11.3 Å². The van der Waals surface area contributed by atoms with E-state index in [0.717, 1.165) is 48.5 Å². The molecule has 0 radical (unpaired) electrons. The Morgan fingerprint density at radius 3 is 3.14 bits per heavy atom. The van der Waals surface area contributed by atoms with Crippen molar-refractivity contribution in [2.75, 3.05) is 0 Å². The van der Waals surface area contributed by atoms with Crippen LogP contribution in [0.15, 0.2) is 23.7 Å². The van der Waals surface area contributed by atoms with Crippen LogP contribution in [0, 0.1) is 0 Å². The zero-order valence-corrected chi connectivity index (χ0v) is 12.7. The number of rotatable bonds is 3. The summed E-state index contributed by atoms with van der Waals surface area (Å²) in [5, 5.41) is 5.44. The molecule has 0 saturated carbocycles. The van der Waals surface area contributed by atoms with Gasteiger partial charge in [0.25, 0.3) is 0 Å². The van der Waals surface area contributed by atoms with Gasteiger partial charge in [0.2, 0.25) is 0 Å². The highest BCUT2D eigenvalue weighted by Crippen LogP contribution is 2.26. The summed E-state index contributed by atoms with van der Waals surface area (Å²) in [7, 11) is 0. The molecule has 1 aliphatic rings. The molecule has 0 aliphatic carbocycles. The van der Waals surface area contributed by atoms with Crippen molar-refractivity contribution >= 4 is 21.6 Å². The van der Waals surface area contributed by atoms with Crippen molar-refractivity contribution in [3.05, 3.63) is 40.7 Å². The zero-order chi connectivity index (χ0) is 14.2. The lowest BCUT2D eigenvalue weighted by atomic mass is 10.1. The molecule has 0 fully saturated rings. The number of hydrogen-bond acceptors (Lipinski definition) is 5. The van der Waals surface area contributed by atoms with E-state index in [1.165, 1.54) is 16.0 Å². The first-order chi connectivity index (χ1) is 10.3. The molecule has 5 heteroatoms. The van der Waals surface area contributed by atoms with E-state index in [0.29, 0.717) is 0 Å². The molecule has 0 amide bonds. The summed E-state index contributed by atoms with van der Waals surface area (Å²) in [5.41, 5.74) is 5.69. The number of thiophene rings is 1. The van der Waals surface area contributed by atoms with Crippen LogP contribution in [-0.4, -0.2) is 15.0 Å². The molecule has 0 spiro atoms. The molecule has 1 N–H and O–H groups in total. The summed E-state index contributed by atoms with van der Waals surface area (Å²) in [6, 6.07) is 4.19. The molecule has 0 aromatic carbocycles. The maximum atomic E-state index is 4.81. The van der Waals surface area contributed by atoms with Gasteiger partial charge in [0.1, 0.15) is 0 Å². The number of pyridine rings is 1. The summed E-state index contributed by atoms with van der Waals surface area (Å²) in [6.45, 7) is 3.93. The molecular formula is C16H16N4S. The average Bonchev–Trinajstić information content (AvgIpc) is 3.15. The number of aromatic nitrogens is 3. The second kappa shape index (κ2) is 5.16. The Kier molecular flexibility index (Phi) is 3.16. The van der Waals surface area contributed by atoms with Crippen molar-refractivity contribution in [1.82, 2.24) is 20.3 Å². The topological polar surface area (TPSA) is 50.7 Å². The minimum Gasteiger partial charge on any atom is -0.307 e. The van der Waals surface area contributed by atoms with Crippen LogP contribution in [0.1, 0.15) is 30.3 Å². The molecule has 4 nitrogen and oxygen atoms in total. The third-order valence-electron chi connectivity index (χ3n) is 3.82. The number of aryl methyl sites for hydroxylation is 1. The fourth-order valence-electron chi connectivity index (χ4n) is 2.78. The normalized spacial score (nSPS) is 13.8. The molecule has 21 heavy (non-hydrogen) atoms. The quantitative estimate of drug-likeness (QED) is 0.805. The van der Waals surface area contributed by atoms with Crippen LogP contribution in [0.5, 0.6) is 0 Å². The van der Waals surface area contributed by atoms with Crippen molar-refractivity contribution in [2.24, 2.45) is 0 Å². The van der Waals surface area contributed by atoms with Crippen LogP contribution >= 0.6 is 11.3 Å². The van der Waals surface area contributed by atoms with Crippen molar-refractivity contribution in [1.29, 1.82) is 0 Å². The molecule has 4 heterocycles. The Morgan fingerprint density at radius 1 is 1.29 bits per heavy atom. The minimum atomic E-state index is 0.809. The Balaban J connectivity index is 1.85. The largest absolute Gasteiger partial charge is 0.307 e. The van der Waals surface area contributed by atoms with Crippen LogP contribution in [0.3, 0.4) is 0 Å². The minimum absolute atomic E-state index is 0.809. The van der Waals surface area contributed by atoms with Crippen LogP contribution < -0.4 is 5.32 Å². The van der Waals surface area contributed by atoms with Gasteiger partial charge in [0, 0.05) is 36.1 Å². The lowest BCUT2D eigenvalue weighted by molar-refractivity contribution is 0.753. The van der Waals surface area contributed by atoms with Crippen molar-refractivity contribution in [3.63, 3.8) is 0 Å². The standard InChI is InChI=1S/C16H16N4S/c1-2-3-12-11-8-17-9-14(11)20-16(19-12)10-6-15-13(18-7-10)4-5-21-15/h4-7,17H,2-3,8-9H2,1H3. The fraction of sp³-hybridized carbons (Fsp3) is 0.312. The molecule has 3 aromatic rings. The maximum absolute atomic E-state index is 4.81. The lowest BCUT2D eigenvalue weighted by Crippen LogP contribution is -2.03. The number of fused-ring (bicyclic) bond motifs is 2. The summed E-state index contributed by atoms with van der Waals surface area (Å²) < 4.78 is 1.19. The van der Waals surface area contributed by atoms with Crippen molar-refractivity contribution in [3.8, 4) is 11.4 Å². The number of nitrogens with one attached hydrogen (secondary N) is 1. The highest BCUT2D eigenvalue weighted by Gasteiger charge is 2.19. The van der Waals surface area contributed by atoms with Crippen LogP contribution in [-0.2, 0) is 19.5 Å². The molecule has 106 valence electrons. The van der Waals surface area contributed by atoms with Gasteiger partial charge in [-0.2, -0.15) is 0 Å². The van der Waals surface area contributed by atoms with Crippen LogP contribution in [0.4, 0.5) is 0 Å². The molecule has 0 saturated heterocycles. The third kappa shape index (κ3) is 2.22. The van der Waals surface area contributed by atoms with Gasteiger partial charge < -0.3 is 5.32 Å². The van der Waals surface area contributed by atoms with Gasteiger partial charge in [-0.1, -0.05) is 13.3 Å². The highest BCUT2D eigenvalue weighted by molar-refractivity contribution is 7.17. The van der Waals surface area contributed by atoms with Crippen LogP contribution in [0.25, 0.3) is 21.6 Å². The smallest absolute Gasteiger partial charge is 0.161 e. The first kappa shape index (κ1) is 12.9. The third-order valence-corrected chi connectivity index (χ3v) is 4.67. The summed E-state index contributed by atoms with van der Waals surface area (Å²) in [5.74, 6) is 0.809. The molecule has 0 bridgehead atoms. The zero-order valence-electron chi connectivity index (χ0n) is 11.9.